The molecule has 0 spiro atoms. The smallest absolute Gasteiger partial charge is 0.496 e. The van der Waals surface area contributed by atoms with Crippen LogP contribution in [-0.4, -0.2) is 50.6 Å². The van der Waals surface area contributed by atoms with Crippen molar-refractivity contribution in [1.29, 1.82) is 0 Å². The van der Waals surface area contributed by atoms with Gasteiger partial charge in [0.05, 0.1) is 32.6 Å². The van der Waals surface area contributed by atoms with Crippen LogP contribution in [0.5, 0.6) is 17.2 Å². The third-order valence-corrected chi connectivity index (χ3v) is 6.42. The molecule has 0 N–H and O–H groups in total. The minimum absolute atomic E-state index is 0.108. The van der Waals surface area contributed by atoms with E-state index < -0.39 is 6.36 Å². The van der Waals surface area contributed by atoms with Gasteiger partial charge in [-0.2, -0.15) is 0 Å². The second-order valence-electron chi connectivity index (χ2n) is 9.00. The number of aromatic nitrogens is 1. The summed E-state index contributed by atoms with van der Waals surface area (Å²) in [4.78, 5) is 13.0. The third kappa shape index (κ3) is 5.45. The molecule has 1 aromatic heterocycles. The Balaban J connectivity index is 1.49. The molecule has 3 aromatic rings. The van der Waals surface area contributed by atoms with Gasteiger partial charge in [-0.15, -0.1) is 13.2 Å². The van der Waals surface area contributed by atoms with Gasteiger partial charge in [-0.25, -0.2) is 0 Å². The largest absolute Gasteiger partial charge is 0.573 e. The summed E-state index contributed by atoms with van der Waals surface area (Å²) in [5.74, 6) is 0.664. The lowest BCUT2D eigenvalue weighted by Gasteiger charge is -2.29. The fourth-order valence-electron chi connectivity index (χ4n) is 4.80. The molecule has 7 nitrogen and oxygen atoms in total. The number of benzene rings is 2. The van der Waals surface area contributed by atoms with Crippen molar-refractivity contribution in [3.05, 3.63) is 64.4 Å². The second kappa shape index (κ2) is 10.1. The van der Waals surface area contributed by atoms with E-state index in [1.165, 1.54) is 25.3 Å². The topological polar surface area (TPSA) is 68.2 Å². The SMILES string of the molecule is COc1cc2c(cc1-c1ccc(OC(F)(F)F)cc1)CC(C)n1c-2cc(OC[C@@H]2COCCO2)cc1=O. The molecular weight excluding hydrogens is 491 g/mol. The second-order valence-corrected chi connectivity index (χ2v) is 9.00. The zero-order valence-corrected chi connectivity index (χ0v) is 20.3. The van der Waals surface area contributed by atoms with Gasteiger partial charge in [0.2, 0.25) is 0 Å². The van der Waals surface area contributed by atoms with Crippen LogP contribution in [0.15, 0.2) is 53.3 Å². The van der Waals surface area contributed by atoms with Crippen LogP contribution >= 0.6 is 0 Å². The highest BCUT2D eigenvalue weighted by atomic mass is 19.4. The Labute approximate surface area is 211 Å². The highest BCUT2D eigenvalue weighted by Gasteiger charge is 2.31. The number of ether oxygens (including phenoxy) is 5. The molecule has 10 heteroatoms. The minimum atomic E-state index is -4.76. The van der Waals surface area contributed by atoms with Crippen molar-refractivity contribution in [2.24, 2.45) is 0 Å². The maximum atomic E-state index is 13.0. The number of rotatable bonds is 6. The number of fused-ring (bicyclic) bond motifs is 3. The van der Waals surface area contributed by atoms with Gasteiger partial charge in [-0.1, -0.05) is 12.1 Å². The van der Waals surface area contributed by atoms with Crippen LogP contribution in [0.2, 0.25) is 0 Å². The summed E-state index contributed by atoms with van der Waals surface area (Å²) < 4.78 is 65.9. The Bertz CT molecular complexity index is 1330. The fourth-order valence-corrected chi connectivity index (χ4v) is 4.80. The summed E-state index contributed by atoms with van der Waals surface area (Å²) in [6.45, 7) is 3.73. The molecule has 2 aliphatic rings. The average Bonchev–Trinajstić information content (AvgIpc) is 2.87. The van der Waals surface area contributed by atoms with E-state index in [4.69, 9.17) is 18.9 Å². The molecule has 0 saturated carbocycles. The Morgan fingerprint density at radius 3 is 2.49 bits per heavy atom. The molecule has 0 amide bonds. The quantitative estimate of drug-likeness (QED) is 0.459. The van der Waals surface area contributed by atoms with Gasteiger partial charge in [0.1, 0.15) is 30.0 Å². The number of methoxy groups -OCH3 is 1. The van der Waals surface area contributed by atoms with Crippen molar-refractivity contribution in [2.75, 3.05) is 33.5 Å². The van der Waals surface area contributed by atoms with Gasteiger partial charge in [0.25, 0.3) is 5.56 Å². The normalized spacial score (nSPS) is 19.1. The fraction of sp³-hybridized carbons (Fsp3) is 0.370. The third-order valence-electron chi connectivity index (χ3n) is 6.42. The first-order valence-corrected chi connectivity index (χ1v) is 11.9. The zero-order chi connectivity index (χ0) is 26.2. The van der Waals surface area contributed by atoms with E-state index in [-0.39, 0.29) is 30.1 Å². The first kappa shape index (κ1) is 25.2. The van der Waals surface area contributed by atoms with Gasteiger partial charge in [0, 0.05) is 29.3 Å². The molecule has 2 aliphatic heterocycles. The van der Waals surface area contributed by atoms with Crippen LogP contribution in [0.1, 0.15) is 18.5 Å². The molecule has 1 saturated heterocycles. The van der Waals surface area contributed by atoms with Crippen molar-refractivity contribution in [1.82, 2.24) is 4.57 Å². The van der Waals surface area contributed by atoms with Crippen molar-refractivity contribution in [3.8, 4) is 39.6 Å². The summed E-state index contributed by atoms with van der Waals surface area (Å²) in [5, 5.41) is 0. The molecule has 5 rings (SSSR count). The number of hydrogen-bond donors (Lipinski definition) is 0. The maximum absolute atomic E-state index is 13.0. The first-order valence-electron chi connectivity index (χ1n) is 11.9. The van der Waals surface area contributed by atoms with Gasteiger partial charge >= 0.3 is 6.36 Å². The number of nitrogens with zero attached hydrogens (tertiary/aromatic N) is 1. The van der Waals surface area contributed by atoms with E-state index in [1.807, 2.05) is 25.1 Å². The summed E-state index contributed by atoms with van der Waals surface area (Å²) in [5.41, 5.74) is 3.75. The van der Waals surface area contributed by atoms with Gasteiger partial charge in [-0.05, 0) is 48.7 Å². The van der Waals surface area contributed by atoms with Crippen LogP contribution < -0.4 is 19.8 Å². The minimum Gasteiger partial charge on any atom is -0.496 e. The van der Waals surface area contributed by atoms with E-state index >= 15 is 0 Å². The lowest BCUT2D eigenvalue weighted by atomic mass is 9.89. The average molecular weight is 518 g/mol. The van der Waals surface area contributed by atoms with Crippen LogP contribution in [0, 0.1) is 0 Å². The van der Waals surface area contributed by atoms with Gasteiger partial charge in [0.15, 0.2) is 0 Å². The van der Waals surface area contributed by atoms with E-state index in [1.54, 1.807) is 16.7 Å². The highest BCUT2D eigenvalue weighted by Crippen LogP contribution is 2.42. The molecule has 37 heavy (non-hydrogen) atoms. The number of halogens is 3. The number of pyridine rings is 1. The van der Waals surface area contributed by atoms with E-state index in [2.05, 4.69) is 4.74 Å². The molecule has 3 heterocycles. The van der Waals surface area contributed by atoms with Crippen LogP contribution in [0.4, 0.5) is 13.2 Å². The van der Waals surface area contributed by atoms with E-state index in [0.29, 0.717) is 49.0 Å². The predicted molar refractivity (Wildman–Crippen MR) is 129 cm³/mol. The van der Waals surface area contributed by atoms with E-state index in [0.717, 1.165) is 16.7 Å². The van der Waals surface area contributed by atoms with E-state index in [9.17, 15) is 18.0 Å². The lowest BCUT2D eigenvalue weighted by molar-refractivity contribution is -0.274. The zero-order valence-electron chi connectivity index (χ0n) is 20.3. The molecule has 2 aromatic carbocycles. The first-order chi connectivity index (χ1) is 17.7. The predicted octanol–water partition coefficient (Wildman–Crippen LogP) is 5.00. The monoisotopic (exact) mass is 517 g/mol. The maximum Gasteiger partial charge on any atom is 0.573 e. The number of alkyl halides is 3. The van der Waals surface area contributed by atoms with Gasteiger partial charge < -0.3 is 28.3 Å². The Morgan fingerprint density at radius 1 is 1.03 bits per heavy atom. The summed E-state index contributed by atoms with van der Waals surface area (Å²) >= 11 is 0. The highest BCUT2D eigenvalue weighted by molar-refractivity contribution is 5.79. The van der Waals surface area contributed by atoms with Gasteiger partial charge in [-0.3, -0.25) is 4.79 Å². The Hall–Kier alpha value is -3.50. The van der Waals surface area contributed by atoms with Crippen molar-refractivity contribution >= 4 is 0 Å². The molecule has 1 unspecified atom stereocenters. The number of hydrogen-bond acceptors (Lipinski definition) is 6. The summed E-state index contributed by atoms with van der Waals surface area (Å²) in [6.07, 6.45) is -4.36. The molecular formula is C27H26F3NO6. The molecule has 1 fully saturated rings. The van der Waals surface area contributed by atoms with Crippen LogP contribution in [0.3, 0.4) is 0 Å². The molecule has 0 bridgehead atoms. The summed E-state index contributed by atoms with van der Waals surface area (Å²) in [6, 6.07) is 12.7. The Kier molecular flexibility index (Phi) is 6.87. The standard InChI is InChI=1S/C27H26F3NO6/c1-16-9-18-10-23(17-3-5-19(6-4-17)37-27(28,29)30)25(33-2)13-22(18)24-11-20(12-26(32)31(16)24)36-15-21-14-34-7-8-35-21/h3-6,10-13,16,21H,7-9,14-15H2,1-2H3/t16?,21-/m0/s1. The van der Waals surface area contributed by atoms with Crippen molar-refractivity contribution < 1.29 is 36.9 Å². The Morgan fingerprint density at radius 2 is 1.81 bits per heavy atom. The van der Waals surface area contributed by atoms with Crippen LogP contribution in [0.25, 0.3) is 22.4 Å². The molecule has 196 valence electrons. The van der Waals surface area contributed by atoms with Crippen LogP contribution in [-0.2, 0) is 15.9 Å². The molecule has 0 aliphatic carbocycles. The van der Waals surface area contributed by atoms with Crippen molar-refractivity contribution in [2.45, 2.75) is 31.9 Å². The molecule has 2 atom stereocenters. The molecule has 0 radical (unpaired) electrons. The van der Waals surface area contributed by atoms with Crippen molar-refractivity contribution in [3.63, 3.8) is 0 Å². The lowest BCUT2D eigenvalue weighted by Crippen LogP contribution is -2.34. The summed E-state index contributed by atoms with van der Waals surface area (Å²) in [7, 11) is 1.52.